The molecule has 0 radical (unpaired) electrons. The normalized spacial score (nSPS) is 17.1. The Labute approximate surface area is 256 Å². The van der Waals surface area contributed by atoms with E-state index < -0.39 is 35.2 Å². The minimum absolute atomic E-state index is 0.121. The van der Waals surface area contributed by atoms with Gasteiger partial charge in [-0.3, -0.25) is 10.1 Å². The molecule has 2 heterocycles. The quantitative estimate of drug-likeness (QED) is 0.268. The highest BCUT2D eigenvalue weighted by Gasteiger charge is 2.44. The highest BCUT2D eigenvalue weighted by molar-refractivity contribution is 6.42. The van der Waals surface area contributed by atoms with E-state index in [9.17, 15) is 27.2 Å². The van der Waals surface area contributed by atoms with E-state index in [1.165, 1.54) is 35.2 Å². The number of nitrogens with one attached hydrogen (secondary N) is 1. The Kier molecular flexibility index (Phi) is 8.92. The van der Waals surface area contributed by atoms with Crippen molar-refractivity contribution in [3.63, 3.8) is 0 Å². The van der Waals surface area contributed by atoms with Gasteiger partial charge in [0.2, 0.25) is 5.91 Å². The summed E-state index contributed by atoms with van der Waals surface area (Å²) in [6.07, 6.45) is -3.68. The molecule has 5 rings (SSSR count). The molecule has 3 aromatic rings. The first kappa shape index (κ1) is 31.1. The number of likely N-dealkylation sites (tertiary alicyclic amines) is 1. The van der Waals surface area contributed by atoms with Crippen molar-refractivity contribution in [2.75, 3.05) is 32.0 Å². The summed E-state index contributed by atoms with van der Waals surface area (Å²) in [6.45, 7) is 1.75. The van der Waals surface area contributed by atoms with Crippen LogP contribution in [0.1, 0.15) is 47.4 Å². The van der Waals surface area contributed by atoms with Crippen LogP contribution in [0.4, 0.5) is 28.0 Å². The molecule has 0 aliphatic carbocycles. The molecule has 1 unspecified atom stereocenters. The number of nitrogens with zero attached hydrogens (tertiary/aromatic N) is 2. The number of likely N-dealkylation sites (N-methyl/N-ethyl adjacent to an activating group) is 1. The number of carbonyl (C=O) groups excluding carboxylic acids is 2. The Morgan fingerprint density at radius 1 is 1.05 bits per heavy atom. The first-order valence-electron chi connectivity index (χ1n) is 13.7. The number of benzene rings is 3. The number of amides is 2. The summed E-state index contributed by atoms with van der Waals surface area (Å²) >= 11 is 12.4. The van der Waals surface area contributed by atoms with Gasteiger partial charge in [-0.15, -0.1) is 0 Å². The highest BCUT2D eigenvalue weighted by Crippen LogP contribution is 2.44. The summed E-state index contributed by atoms with van der Waals surface area (Å²) < 4.78 is 58.8. The van der Waals surface area contributed by atoms with Crippen molar-refractivity contribution in [1.82, 2.24) is 9.80 Å². The molecule has 3 aromatic carbocycles. The molecule has 2 aliphatic rings. The summed E-state index contributed by atoms with van der Waals surface area (Å²) in [6, 6.07) is 14.0. The van der Waals surface area contributed by atoms with Crippen molar-refractivity contribution < 1.29 is 31.9 Å². The van der Waals surface area contributed by atoms with Crippen LogP contribution in [-0.2, 0) is 27.9 Å². The molecule has 0 saturated carbocycles. The maximum Gasteiger partial charge on any atom is 0.416 e. The monoisotopic (exact) mass is 637 g/mol. The van der Waals surface area contributed by atoms with E-state index in [2.05, 4.69) is 10.2 Å². The zero-order chi connectivity index (χ0) is 30.9. The standard InChI is InChI=1S/C31H29Cl2F4N3O3/c1-39(18-19-2-5-21(6-3-19)31(35,36)37)28(41)23(20-4-8-25(32)26(33)16-20)10-13-40-14-11-30(12-15-40)24-17-22(34)7-9-27(24)38-29(42)43-30/h2-9,16-17,23H,10-15,18H2,1H3,(H,38,42). The van der Waals surface area contributed by atoms with Gasteiger partial charge in [-0.1, -0.05) is 41.4 Å². The molecule has 43 heavy (non-hydrogen) atoms. The second-order valence-corrected chi connectivity index (χ2v) is 11.8. The highest BCUT2D eigenvalue weighted by atomic mass is 35.5. The van der Waals surface area contributed by atoms with Crippen LogP contribution in [-0.4, -0.2) is 48.5 Å². The fraction of sp³-hybridized carbons (Fsp3) is 0.355. The number of rotatable bonds is 7. The molecule has 1 saturated heterocycles. The van der Waals surface area contributed by atoms with E-state index in [1.807, 2.05) is 0 Å². The molecule has 1 spiro atoms. The van der Waals surface area contributed by atoms with Gasteiger partial charge in [-0.05, 0) is 66.6 Å². The van der Waals surface area contributed by atoms with Crippen molar-refractivity contribution in [2.45, 2.75) is 43.5 Å². The molecule has 1 atom stereocenters. The Morgan fingerprint density at radius 3 is 2.40 bits per heavy atom. The van der Waals surface area contributed by atoms with Crippen molar-refractivity contribution in [1.29, 1.82) is 0 Å². The second kappa shape index (κ2) is 12.3. The number of fused-ring (bicyclic) bond motifs is 2. The Balaban J connectivity index is 1.28. The lowest BCUT2D eigenvalue weighted by molar-refractivity contribution is -0.137. The number of anilines is 1. The SMILES string of the molecule is CN(Cc1ccc(C(F)(F)F)cc1)C(=O)C(CCN1CCC2(CC1)OC(=O)Nc1ccc(F)cc12)c1ccc(Cl)c(Cl)c1. The van der Waals surface area contributed by atoms with E-state index in [-0.39, 0.29) is 12.5 Å². The molecule has 6 nitrogen and oxygen atoms in total. The maximum atomic E-state index is 14.1. The first-order valence-corrected chi connectivity index (χ1v) is 14.5. The number of piperidine rings is 1. The zero-order valence-corrected chi connectivity index (χ0v) is 24.7. The summed E-state index contributed by atoms with van der Waals surface area (Å²) in [5.41, 5.74) is 0.690. The number of hydrogen-bond acceptors (Lipinski definition) is 4. The lowest BCUT2D eigenvalue weighted by atomic mass is 9.82. The van der Waals surface area contributed by atoms with Gasteiger partial charge in [0.05, 0.1) is 27.2 Å². The fourth-order valence-corrected chi connectivity index (χ4v) is 6.08. The second-order valence-electron chi connectivity index (χ2n) is 10.9. The number of hydrogen-bond donors (Lipinski definition) is 1. The van der Waals surface area contributed by atoms with E-state index in [1.54, 1.807) is 25.2 Å². The average molecular weight is 638 g/mol. The third-order valence-electron chi connectivity index (χ3n) is 8.12. The third kappa shape index (κ3) is 6.92. The van der Waals surface area contributed by atoms with E-state index in [4.69, 9.17) is 27.9 Å². The Hall–Kier alpha value is -3.34. The van der Waals surface area contributed by atoms with Crippen LogP contribution >= 0.6 is 23.2 Å². The van der Waals surface area contributed by atoms with Crippen LogP contribution in [0.5, 0.6) is 0 Å². The molecule has 0 bridgehead atoms. The predicted octanol–water partition coefficient (Wildman–Crippen LogP) is 7.84. The van der Waals surface area contributed by atoms with Gasteiger partial charge >= 0.3 is 12.3 Å². The van der Waals surface area contributed by atoms with E-state index in [0.29, 0.717) is 71.3 Å². The Bertz CT molecular complexity index is 1510. The zero-order valence-electron chi connectivity index (χ0n) is 23.2. The Morgan fingerprint density at radius 2 is 1.74 bits per heavy atom. The van der Waals surface area contributed by atoms with Crippen LogP contribution in [0, 0.1) is 5.82 Å². The number of ether oxygens (including phenoxy) is 1. The van der Waals surface area contributed by atoms with Crippen LogP contribution in [0.25, 0.3) is 0 Å². The summed E-state index contributed by atoms with van der Waals surface area (Å²) in [5, 5.41) is 3.29. The van der Waals surface area contributed by atoms with Crippen LogP contribution in [0.15, 0.2) is 60.7 Å². The van der Waals surface area contributed by atoms with Gasteiger partial charge in [-0.2, -0.15) is 13.2 Å². The van der Waals surface area contributed by atoms with Crippen LogP contribution < -0.4 is 5.32 Å². The lowest BCUT2D eigenvalue weighted by Crippen LogP contribution is -2.48. The smallest absolute Gasteiger partial charge is 0.416 e. The number of alkyl halides is 3. The molecule has 12 heteroatoms. The van der Waals surface area contributed by atoms with Gasteiger partial charge in [0, 0.05) is 45.1 Å². The van der Waals surface area contributed by atoms with Gasteiger partial charge in [0.15, 0.2) is 0 Å². The summed E-state index contributed by atoms with van der Waals surface area (Å²) in [5.74, 6) is -1.23. The molecule has 2 amide bonds. The first-order chi connectivity index (χ1) is 20.3. The maximum absolute atomic E-state index is 14.1. The molecule has 0 aromatic heterocycles. The molecule has 1 fully saturated rings. The minimum Gasteiger partial charge on any atom is -0.438 e. The van der Waals surface area contributed by atoms with Crippen LogP contribution in [0.2, 0.25) is 10.0 Å². The molecular weight excluding hydrogens is 609 g/mol. The van der Waals surface area contributed by atoms with E-state index in [0.717, 1.165) is 12.1 Å². The van der Waals surface area contributed by atoms with Crippen molar-refractivity contribution in [3.8, 4) is 0 Å². The minimum atomic E-state index is -4.44. The van der Waals surface area contributed by atoms with Gasteiger partial charge in [-0.25, -0.2) is 9.18 Å². The summed E-state index contributed by atoms with van der Waals surface area (Å²) in [4.78, 5) is 29.7. The molecule has 228 valence electrons. The van der Waals surface area contributed by atoms with Crippen LogP contribution in [0.3, 0.4) is 0 Å². The number of carbonyl (C=O) groups is 2. The van der Waals surface area contributed by atoms with Crippen molar-refractivity contribution in [2.24, 2.45) is 0 Å². The lowest BCUT2D eigenvalue weighted by Gasteiger charge is -2.44. The van der Waals surface area contributed by atoms with Gasteiger partial charge in [0.25, 0.3) is 0 Å². The third-order valence-corrected chi connectivity index (χ3v) is 8.86. The average Bonchev–Trinajstić information content (AvgIpc) is 2.96. The fourth-order valence-electron chi connectivity index (χ4n) is 5.77. The van der Waals surface area contributed by atoms with Gasteiger partial charge < -0.3 is 14.5 Å². The topological polar surface area (TPSA) is 61.9 Å². The summed E-state index contributed by atoms with van der Waals surface area (Å²) in [7, 11) is 1.61. The molecular formula is C31H29Cl2F4N3O3. The number of halogens is 6. The van der Waals surface area contributed by atoms with Crippen molar-refractivity contribution in [3.05, 3.63) is 98.8 Å². The molecule has 2 aliphatic heterocycles. The van der Waals surface area contributed by atoms with Crippen molar-refractivity contribution >= 4 is 40.9 Å². The van der Waals surface area contributed by atoms with Gasteiger partial charge in [0.1, 0.15) is 11.4 Å². The largest absolute Gasteiger partial charge is 0.438 e. The predicted molar refractivity (Wildman–Crippen MR) is 156 cm³/mol. The molecule has 1 N–H and O–H groups in total. The van der Waals surface area contributed by atoms with E-state index >= 15 is 0 Å².